The maximum Gasteiger partial charge on any atom is 0.0784 e. The van der Waals surface area contributed by atoms with Crippen LogP contribution in [0.5, 0.6) is 0 Å². The molecule has 0 saturated heterocycles. The molecule has 0 aliphatic heterocycles. The number of hydrogen-bond acceptors (Lipinski definition) is 2. The van der Waals surface area contributed by atoms with E-state index < -0.39 is 5.60 Å². The lowest BCUT2D eigenvalue weighted by Crippen LogP contribution is -2.36. The highest BCUT2D eigenvalue weighted by atomic mass is 16.3. The van der Waals surface area contributed by atoms with Crippen molar-refractivity contribution < 1.29 is 10.2 Å². The molecule has 0 aromatic rings. The van der Waals surface area contributed by atoms with E-state index in [0.717, 1.165) is 55.4 Å². The first-order chi connectivity index (χ1) is 14.6. The summed E-state index contributed by atoms with van der Waals surface area (Å²) in [5.41, 5.74) is 3.96. The predicted octanol–water partition coefficient (Wildman–Crippen LogP) is 7.76. The number of fused-ring (bicyclic) bond motifs is 1. The molecular weight excluding hydrogens is 380 g/mol. The average molecular weight is 431 g/mol. The van der Waals surface area contributed by atoms with Crippen LogP contribution in [0.25, 0.3) is 0 Å². The van der Waals surface area contributed by atoms with E-state index >= 15 is 0 Å². The molecule has 5 atom stereocenters. The van der Waals surface area contributed by atoms with E-state index in [2.05, 4.69) is 32.6 Å². The zero-order chi connectivity index (χ0) is 23.2. The topological polar surface area (TPSA) is 40.5 Å². The summed E-state index contributed by atoms with van der Waals surface area (Å²) in [6.07, 6.45) is 17.1. The first kappa shape index (κ1) is 26.4. The fourth-order valence-corrected chi connectivity index (χ4v) is 6.63. The molecule has 2 nitrogen and oxygen atoms in total. The Bertz CT molecular complexity index is 650. The van der Waals surface area contributed by atoms with Crippen LogP contribution in [0.3, 0.4) is 0 Å². The predicted molar refractivity (Wildman–Crippen MR) is 134 cm³/mol. The maximum absolute atomic E-state index is 10.1. The van der Waals surface area contributed by atoms with Gasteiger partial charge in [0, 0.05) is 0 Å². The monoisotopic (exact) mass is 430 g/mol. The van der Waals surface area contributed by atoms with Gasteiger partial charge in [0.25, 0.3) is 0 Å². The summed E-state index contributed by atoms with van der Waals surface area (Å²) < 4.78 is 0. The van der Waals surface area contributed by atoms with Gasteiger partial charge in [0.05, 0.1) is 11.7 Å². The molecule has 0 aromatic carbocycles. The van der Waals surface area contributed by atoms with Crippen LogP contribution in [0.1, 0.15) is 112 Å². The maximum atomic E-state index is 10.1. The highest BCUT2D eigenvalue weighted by Gasteiger charge is 2.50. The van der Waals surface area contributed by atoms with Gasteiger partial charge >= 0.3 is 0 Å². The Morgan fingerprint density at radius 3 is 2.52 bits per heavy atom. The van der Waals surface area contributed by atoms with E-state index in [1.807, 2.05) is 27.7 Å². The molecule has 0 amide bonds. The van der Waals surface area contributed by atoms with Crippen molar-refractivity contribution in [3.63, 3.8) is 0 Å². The second-order valence-corrected chi connectivity index (χ2v) is 11.2. The van der Waals surface area contributed by atoms with Crippen LogP contribution in [0.2, 0.25) is 0 Å². The van der Waals surface area contributed by atoms with Crippen molar-refractivity contribution in [3.05, 3.63) is 35.5 Å². The molecule has 3 aliphatic rings. The number of allylic oxidation sites excluding steroid dienone is 3. The van der Waals surface area contributed by atoms with Crippen molar-refractivity contribution in [3.8, 4) is 0 Å². The van der Waals surface area contributed by atoms with Gasteiger partial charge in [-0.05, 0) is 100 Å². The van der Waals surface area contributed by atoms with Crippen LogP contribution >= 0.6 is 0 Å². The van der Waals surface area contributed by atoms with Crippen LogP contribution in [-0.2, 0) is 0 Å². The highest BCUT2D eigenvalue weighted by molar-refractivity contribution is 5.28. The van der Waals surface area contributed by atoms with Crippen molar-refractivity contribution in [1.29, 1.82) is 0 Å². The number of hydrogen-bond donors (Lipinski definition) is 2. The molecule has 0 spiro atoms. The molecule has 3 rings (SSSR count). The molecular formula is C29H50O2. The van der Waals surface area contributed by atoms with Gasteiger partial charge in [-0.1, -0.05) is 70.4 Å². The summed E-state index contributed by atoms with van der Waals surface area (Å²) in [7, 11) is 0. The molecule has 0 aromatic heterocycles. The molecule has 3 saturated carbocycles. The van der Waals surface area contributed by atoms with Crippen LogP contribution in [0.15, 0.2) is 35.5 Å². The van der Waals surface area contributed by atoms with Gasteiger partial charge in [-0.2, -0.15) is 0 Å². The summed E-state index contributed by atoms with van der Waals surface area (Å²) in [5, 5.41) is 20.1. The Labute approximate surface area is 192 Å². The van der Waals surface area contributed by atoms with Crippen molar-refractivity contribution >= 4 is 0 Å². The van der Waals surface area contributed by atoms with Gasteiger partial charge in [0.2, 0.25) is 0 Å². The third kappa shape index (κ3) is 6.81. The van der Waals surface area contributed by atoms with Crippen LogP contribution in [0.4, 0.5) is 0 Å². The SMILES string of the molecule is C=C1CC/C(=C/C=C2\CCCC3(C)C2CCC3C(C)CCCC(C)(C)O)CC1O.CC. The Morgan fingerprint density at radius 2 is 1.87 bits per heavy atom. The lowest BCUT2D eigenvalue weighted by Gasteiger charge is -2.44. The van der Waals surface area contributed by atoms with Crippen LogP contribution < -0.4 is 0 Å². The Balaban J connectivity index is 0.00000166. The van der Waals surface area contributed by atoms with Crippen molar-refractivity contribution in [2.24, 2.45) is 23.2 Å². The highest BCUT2D eigenvalue weighted by Crippen LogP contribution is 2.59. The zero-order valence-corrected chi connectivity index (χ0v) is 21.3. The fraction of sp³-hybridized carbons (Fsp3) is 0.793. The molecule has 3 aliphatic carbocycles. The summed E-state index contributed by atoms with van der Waals surface area (Å²) in [6.45, 7) is 16.9. The minimum absolute atomic E-state index is 0.342. The van der Waals surface area contributed by atoms with Gasteiger partial charge < -0.3 is 10.2 Å². The molecule has 31 heavy (non-hydrogen) atoms. The molecule has 0 heterocycles. The number of rotatable bonds is 6. The van der Waals surface area contributed by atoms with E-state index in [-0.39, 0.29) is 6.10 Å². The van der Waals surface area contributed by atoms with E-state index in [1.54, 1.807) is 5.57 Å². The zero-order valence-electron chi connectivity index (χ0n) is 21.3. The fourth-order valence-electron chi connectivity index (χ4n) is 6.63. The molecule has 3 fully saturated rings. The molecule has 2 heteroatoms. The van der Waals surface area contributed by atoms with Gasteiger partial charge in [0.1, 0.15) is 0 Å². The van der Waals surface area contributed by atoms with Gasteiger partial charge in [-0.25, -0.2) is 0 Å². The Morgan fingerprint density at radius 1 is 1.16 bits per heavy atom. The lowest BCUT2D eigenvalue weighted by atomic mass is 9.60. The average Bonchev–Trinajstić information content (AvgIpc) is 3.07. The minimum atomic E-state index is -0.533. The summed E-state index contributed by atoms with van der Waals surface area (Å²) in [6, 6.07) is 0. The van der Waals surface area contributed by atoms with Crippen LogP contribution in [0, 0.1) is 23.2 Å². The molecule has 5 unspecified atom stereocenters. The second-order valence-electron chi connectivity index (χ2n) is 11.2. The Kier molecular flexibility index (Phi) is 9.64. The summed E-state index contributed by atoms with van der Waals surface area (Å²) in [5.74, 6) is 2.29. The molecule has 0 radical (unpaired) electrons. The van der Waals surface area contributed by atoms with E-state index in [0.29, 0.717) is 5.41 Å². The molecule has 178 valence electrons. The van der Waals surface area contributed by atoms with Gasteiger partial charge in [-0.15, -0.1) is 0 Å². The standard InChI is InChI=1S/C27H44O2.C2H6/c1-19(8-6-16-26(3,4)29)23-14-15-24-22(9-7-17-27(23,24)5)13-12-21-11-10-20(2)25(28)18-21;1-2/h12-13,19,23-25,28-29H,2,6-11,14-18H2,1,3-5H3;1-2H3/b21-12-,22-13+;. The third-order valence-corrected chi connectivity index (χ3v) is 8.40. The normalized spacial score (nSPS) is 35.0. The van der Waals surface area contributed by atoms with E-state index in [4.69, 9.17) is 0 Å². The Hall–Kier alpha value is -0.860. The van der Waals surface area contributed by atoms with Crippen molar-refractivity contribution in [2.75, 3.05) is 0 Å². The first-order valence-corrected chi connectivity index (χ1v) is 13.1. The molecule has 0 bridgehead atoms. The second kappa shape index (κ2) is 11.3. The smallest absolute Gasteiger partial charge is 0.0784 e. The van der Waals surface area contributed by atoms with Crippen molar-refractivity contribution in [2.45, 2.75) is 124 Å². The van der Waals surface area contributed by atoms with Gasteiger partial charge in [0.15, 0.2) is 0 Å². The van der Waals surface area contributed by atoms with Gasteiger partial charge in [-0.3, -0.25) is 0 Å². The van der Waals surface area contributed by atoms with Crippen LogP contribution in [-0.4, -0.2) is 21.9 Å². The summed E-state index contributed by atoms with van der Waals surface area (Å²) in [4.78, 5) is 0. The largest absolute Gasteiger partial charge is 0.390 e. The molecule has 2 N–H and O–H groups in total. The first-order valence-electron chi connectivity index (χ1n) is 13.1. The van der Waals surface area contributed by atoms with Crippen molar-refractivity contribution in [1.82, 2.24) is 0 Å². The lowest BCUT2D eigenvalue weighted by molar-refractivity contribution is 0.0596. The van der Waals surface area contributed by atoms with E-state index in [9.17, 15) is 10.2 Å². The number of aliphatic hydroxyl groups is 2. The van der Waals surface area contributed by atoms with E-state index in [1.165, 1.54) is 44.1 Å². The summed E-state index contributed by atoms with van der Waals surface area (Å²) >= 11 is 0. The quantitative estimate of drug-likeness (QED) is 0.423. The third-order valence-electron chi connectivity index (χ3n) is 8.40. The number of aliphatic hydroxyl groups excluding tert-OH is 1. The minimum Gasteiger partial charge on any atom is -0.390 e.